The van der Waals surface area contributed by atoms with Crippen molar-refractivity contribution in [1.29, 1.82) is 0 Å². The fraction of sp³-hybridized carbons (Fsp3) is 0.438. The molecule has 0 saturated heterocycles. The van der Waals surface area contributed by atoms with Crippen LogP contribution >= 0.6 is 45.2 Å². The van der Waals surface area contributed by atoms with Crippen molar-refractivity contribution in [1.82, 2.24) is 0 Å². The van der Waals surface area contributed by atoms with Gasteiger partial charge in [-0.1, -0.05) is 6.58 Å². The van der Waals surface area contributed by atoms with Crippen LogP contribution in [0.1, 0.15) is 26.3 Å². The standard InChI is InChI=1S/C16H20I2O5/c1-6-21-10(4)23-14-11(8-22-16(19)9(2)3)7-12(17)15(20-5)13(14)18/h7,10H,2,6,8H2,1,3-5H3. The molecule has 0 amide bonds. The minimum atomic E-state index is -0.436. The van der Waals surface area contributed by atoms with Gasteiger partial charge in [-0.15, -0.1) is 0 Å². The summed E-state index contributed by atoms with van der Waals surface area (Å²) < 4.78 is 23.7. The van der Waals surface area contributed by atoms with Crippen LogP contribution in [-0.4, -0.2) is 26.0 Å². The van der Waals surface area contributed by atoms with Gasteiger partial charge in [0.25, 0.3) is 0 Å². The molecule has 5 nitrogen and oxygen atoms in total. The van der Waals surface area contributed by atoms with E-state index in [-0.39, 0.29) is 6.61 Å². The summed E-state index contributed by atoms with van der Waals surface area (Å²) in [6, 6.07) is 1.88. The number of methoxy groups -OCH3 is 1. The Morgan fingerprint density at radius 2 is 2.00 bits per heavy atom. The molecule has 0 fully saturated rings. The number of hydrogen-bond acceptors (Lipinski definition) is 5. The number of halogens is 2. The minimum absolute atomic E-state index is 0.0931. The number of esters is 1. The van der Waals surface area contributed by atoms with Crippen molar-refractivity contribution < 1.29 is 23.7 Å². The van der Waals surface area contributed by atoms with E-state index >= 15 is 0 Å². The zero-order chi connectivity index (χ0) is 17.6. The molecule has 1 atom stereocenters. The highest BCUT2D eigenvalue weighted by Gasteiger charge is 2.20. The number of hydrogen-bond donors (Lipinski definition) is 0. The van der Waals surface area contributed by atoms with Crippen LogP contribution in [0.2, 0.25) is 0 Å². The molecule has 1 rings (SSSR count). The SMILES string of the molecule is C=C(C)C(=O)OCc1cc(I)c(OC)c(I)c1OC(C)OCC. The first-order valence-corrected chi connectivity index (χ1v) is 9.13. The van der Waals surface area contributed by atoms with E-state index in [0.717, 1.165) is 18.5 Å². The van der Waals surface area contributed by atoms with Crippen molar-refractivity contribution in [3.05, 3.63) is 30.9 Å². The van der Waals surface area contributed by atoms with Crippen LogP contribution in [0.25, 0.3) is 0 Å². The van der Waals surface area contributed by atoms with Crippen LogP contribution in [-0.2, 0) is 20.9 Å². The zero-order valence-electron chi connectivity index (χ0n) is 13.6. The molecule has 0 aliphatic carbocycles. The number of ether oxygens (including phenoxy) is 4. The Balaban J connectivity index is 3.15. The molecule has 1 unspecified atom stereocenters. The first-order valence-electron chi connectivity index (χ1n) is 6.97. The predicted octanol–water partition coefficient (Wildman–Crippen LogP) is 4.29. The average Bonchev–Trinajstić information content (AvgIpc) is 2.48. The fourth-order valence-electron chi connectivity index (χ4n) is 1.76. The molecule has 23 heavy (non-hydrogen) atoms. The Morgan fingerprint density at radius 3 is 2.52 bits per heavy atom. The van der Waals surface area contributed by atoms with Gasteiger partial charge < -0.3 is 18.9 Å². The van der Waals surface area contributed by atoms with Gasteiger partial charge in [0, 0.05) is 17.7 Å². The van der Waals surface area contributed by atoms with Crippen LogP contribution in [0.3, 0.4) is 0 Å². The van der Waals surface area contributed by atoms with Gasteiger partial charge in [-0.05, 0) is 72.0 Å². The van der Waals surface area contributed by atoms with Gasteiger partial charge >= 0.3 is 5.97 Å². The molecule has 1 aromatic rings. The number of rotatable bonds is 8. The molecule has 0 N–H and O–H groups in total. The summed E-state index contributed by atoms with van der Waals surface area (Å²) in [6.07, 6.45) is -0.422. The fourth-order valence-corrected chi connectivity index (χ4v) is 4.12. The highest BCUT2D eigenvalue weighted by atomic mass is 127. The van der Waals surface area contributed by atoms with E-state index in [1.54, 1.807) is 14.0 Å². The highest BCUT2D eigenvalue weighted by Crippen LogP contribution is 2.38. The molecule has 0 aliphatic rings. The summed E-state index contributed by atoms with van der Waals surface area (Å²) in [5, 5.41) is 0. The minimum Gasteiger partial charge on any atom is -0.494 e. The van der Waals surface area contributed by atoms with Gasteiger partial charge in [0.15, 0.2) is 6.29 Å². The average molecular weight is 546 g/mol. The molecule has 7 heteroatoms. The molecule has 128 valence electrons. The predicted molar refractivity (Wildman–Crippen MR) is 105 cm³/mol. The molecule has 0 radical (unpaired) electrons. The summed E-state index contributed by atoms with van der Waals surface area (Å²) in [7, 11) is 1.61. The molecular formula is C16H20I2O5. The lowest BCUT2D eigenvalue weighted by atomic mass is 10.2. The van der Waals surface area contributed by atoms with Crippen LogP contribution in [0.5, 0.6) is 11.5 Å². The Morgan fingerprint density at radius 1 is 1.35 bits per heavy atom. The maximum atomic E-state index is 11.6. The molecule has 0 heterocycles. The third-order valence-corrected chi connectivity index (χ3v) is 4.59. The van der Waals surface area contributed by atoms with Crippen molar-refractivity contribution in [2.45, 2.75) is 33.7 Å². The van der Waals surface area contributed by atoms with Crippen molar-refractivity contribution in [2.24, 2.45) is 0 Å². The Kier molecular flexibility index (Phi) is 8.62. The monoisotopic (exact) mass is 546 g/mol. The van der Waals surface area contributed by atoms with Gasteiger partial charge in [-0.25, -0.2) is 4.79 Å². The maximum absolute atomic E-state index is 11.6. The van der Waals surface area contributed by atoms with E-state index < -0.39 is 12.3 Å². The van der Waals surface area contributed by atoms with E-state index in [4.69, 9.17) is 18.9 Å². The summed E-state index contributed by atoms with van der Waals surface area (Å²) in [5.41, 5.74) is 1.11. The number of benzene rings is 1. The lowest BCUT2D eigenvalue weighted by Crippen LogP contribution is -2.18. The topological polar surface area (TPSA) is 54.0 Å². The van der Waals surface area contributed by atoms with Crippen LogP contribution in [0.4, 0.5) is 0 Å². The first kappa shape index (κ1) is 20.5. The van der Waals surface area contributed by atoms with E-state index in [9.17, 15) is 4.79 Å². The first-order chi connectivity index (χ1) is 10.8. The maximum Gasteiger partial charge on any atom is 0.333 e. The van der Waals surface area contributed by atoms with E-state index in [2.05, 4.69) is 51.8 Å². The largest absolute Gasteiger partial charge is 0.494 e. The quantitative estimate of drug-likeness (QED) is 0.211. The van der Waals surface area contributed by atoms with Gasteiger partial charge in [-0.3, -0.25) is 0 Å². The highest BCUT2D eigenvalue weighted by molar-refractivity contribution is 14.1. The van der Waals surface area contributed by atoms with Crippen molar-refractivity contribution in [2.75, 3.05) is 13.7 Å². The van der Waals surface area contributed by atoms with Crippen LogP contribution < -0.4 is 9.47 Å². The van der Waals surface area contributed by atoms with E-state index in [0.29, 0.717) is 17.9 Å². The molecule has 0 bridgehead atoms. The Hall–Kier alpha value is -0.550. The molecule has 0 aliphatic heterocycles. The normalized spacial score (nSPS) is 11.7. The number of carbonyl (C=O) groups is 1. The van der Waals surface area contributed by atoms with Gasteiger partial charge in [0.05, 0.1) is 14.3 Å². The second kappa shape index (κ2) is 9.67. The van der Waals surface area contributed by atoms with E-state index in [1.165, 1.54) is 0 Å². The summed E-state index contributed by atoms with van der Waals surface area (Å²) in [4.78, 5) is 11.6. The summed E-state index contributed by atoms with van der Waals surface area (Å²) >= 11 is 4.33. The van der Waals surface area contributed by atoms with Gasteiger partial charge in [0.1, 0.15) is 18.1 Å². The van der Waals surface area contributed by atoms with Crippen molar-refractivity contribution in [3.8, 4) is 11.5 Å². The zero-order valence-corrected chi connectivity index (χ0v) is 17.9. The lowest BCUT2D eigenvalue weighted by molar-refractivity contribution is -0.140. The molecule has 1 aromatic carbocycles. The molecular weight excluding hydrogens is 526 g/mol. The van der Waals surface area contributed by atoms with Crippen molar-refractivity contribution in [3.63, 3.8) is 0 Å². The lowest BCUT2D eigenvalue weighted by Gasteiger charge is -2.20. The second-order valence-corrected chi connectivity index (χ2v) is 6.93. The van der Waals surface area contributed by atoms with Gasteiger partial charge in [-0.2, -0.15) is 0 Å². The third kappa shape index (κ3) is 5.79. The molecule has 0 saturated carbocycles. The van der Waals surface area contributed by atoms with Gasteiger partial charge in [0.2, 0.25) is 0 Å². The summed E-state index contributed by atoms with van der Waals surface area (Å²) in [6.45, 7) is 9.53. The van der Waals surface area contributed by atoms with Crippen LogP contribution in [0, 0.1) is 7.14 Å². The number of carbonyl (C=O) groups excluding carboxylic acids is 1. The van der Waals surface area contributed by atoms with E-state index in [1.807, 2.05) is 19.9 Å². The smallest absolute Gasteiger partial charge is 0.333 e. The van der Waals surface area contributed by atoms with Crippen LogP contribution in [0.15, 0.2) is 18.2 Å². The Labute approximate surface area is 164 Å². The molecule has 0 spiro atoms. The Bertz CT molecular complexity index is 586. The van der Waals surface area contributed by atoms with Crippen molar-refractivity contribution >= 4 is 51.2 Å². The summed E-state index contributed by atoms with van der Waals surface area (Å²) in [5.74, 6) is 0.882. The third-order valence-electron chi connectivity index (χ3n) is 2.80. The molecule has 0 aromatic heterocycles. The second-order valence-electron chi connectivity index (χ2n) is 4.69.